The van der Waals surface area contributed by atoms with E-state index in [0.29, 0.717) is 13.0 Å². The van der Waals surface area contributed by atoms with Gasteiger partial charge in [-0.05, 0) is 33.2 Å². The van der Waals surface area contributed by atoms with Gasteiger partial charge < -0.3 is 4.52 Å². The lowest BCUT2D eigenvalue weighted by molar-refractivity contribution is 0.0561. The SMILES string of the molecule is Cc1nocc1CN1CCC[C@](C)(F)C1. The Kier molecular flexibility index (Phi) is 2.78. The topological polar surface area (TPSA) is 29.3 Å². The van der Waals surface area contributed by atoms with Gasteiger partial charge in [0.2, 0.25) is 0 Å². The second kappa shape index (κ2) is 3.93. The van der Waals surface area contributed by atoms with Gasteiger partial charge in [-0.2, -0.15) is 0 Å². The summed E-state index contributed by atoms with van der Waals surface area (Å²) in [5, 5.41) is 3.82. The van der Waals surface area contributed by atoms with Crippen LogP contribution in [0.25, 0.3) is 0 Å². The fourth-order valence-electron chi connectivity index (χ4n) is 2.14. The number of nitrogens with zero attached hydrogens (tertiary/aromatic N) is 2. The van der Waals surface area contributed by atoms with Crippen molar-refractivity contribution in [2.45, 2.75) is 38.9 Å². The molecule has 2 heterocycles. The zero-order valence-electron chi connectivity index (χ0n) is 9.29. The molecule has 3 nitrogen and oxygen atoms in total. The van der Waals surface area contributed by atoms with Crippen LogP contribution in [0.5, 0.6) is 0 Å². The number of rotatable bonds is 2. The van der Waals surface area contributed by atoms with Crippen molar-refractivity contribution in [3.05, 3.63) is 17.5 Å². The minimum atomic E-state index is -1.04. The monoisotopic (exact) mass is 212 g/mol. The highest BCUT2D eigenvalue weighted by molar-refractivity contribution is 5.12. The minimum absolute atomic E-state index is 0.512. The largest absolute Gasteiger partial charge is 0.364 e. The predicted molar refractivity (Wildman–Crippen MR) is 55.3 cm³/mol. The van der Waals surface area contributed by atoms with Gasteiger partial charge in [0.15, 0.2) is 0 Å². The Labute approximate surface area is 89.2 Å². The number of likely N-dealkylation sites (tertiary alicyclic amines) is 1. The molecule has 0 N–H and O–H groups in total. The van der Waals surface area contributed by atoms with E-state index in [1.54, 1.807) is 13.2 Å². The molecule has 84 valence electrons. The highest BCUT2D eigenvalue weighted by Crippen LogP contribution is 2.25. The summed E-state index contributed by atoms with van der Waals surface area (Å²) in [5.74, 6) is 0. The average molecular weight is 212 g/mol. The molecular weight excluding hydrogens is 195 g/mol. The molecule has 0 amide bonds. The molecule has 0 saturated carbocycles. The van der Waals surface area contributed by atoms with Gasteiger partial charge in [-0.25, -0.2) is 4.39 Å². The normalized spacial score (nSPS) is 28.2. The number of hydrogen-bond acceptors (Lipinski definition) is 3. The van der Waals surface area contributed by atoms with E-state index in [1.807, 2.05) is 6.92 Å². The maximum atomic E-state index is 13.8. The zero-order valence-corrected chi connectivity index (χ0v) is 9.29. The summed E-state index contributed by atoms with van der Waals surface area (Å²) < 4.78 is 18.6. The van der Waals surface area contributed by atoms with Crippen LogP contribution in [0.2, 0.25) is 0 Å². The quantitative estimate of drug-likeness (QED) is 0.753. The molecule has 1 aliphatic heterocycles. The number of alkyl halides is 1. The van der Waals surface area contributed by atoms with E-state index < -0.39 is 5.67 Å². The summed E-state index contributed by atoms with van der Waals surface area (Å²) >= 11 is 0. The Balaban J connectivity index is 1.98. The van der Waals surface area contributed by atoms with Gasteiger partial charge in [0, 0.05) is 18.7 Å². The zero-order chi connectivity index (χ0) is 10.9. The third-order valence-electron chi connectivity index (χ3n) is 2.97. The van der Waals surface area contributed by atoms with Gasteiger partial charge in [0.1, 0.15) is 11.9 Å². The van der Waals surface area contributed by atoms with Gasteiger partial charge in [0.05, 0.1) is 5.69 Å². The molecule has 15 heavy (non-hydrogen) atoms. The molecule has 1 atom stereocenters. The van der Waals surface area contributed by atoms with E-state index in [2.05, 4.69) is 10.1 Å². The van der Waals surface area contributed by atoms with Gasteiger partial charge in [0.25, 0.3) is 0 Å². The maximum absolute atomic E-state index is 13.8. The van der Waals surface area contributed by atoms with E-state index in [0.717, 1.165) is 30.8 Å². The van der Waals surface area contributed by atoms with Crippen LogP contribution in [0.4, 0.5) is 4.39 Å². The average Bonchev–Trinajstić information content (AvgIpc) is 2.50. The van der Waals surface area contributed by atoms with Crippen LogP contribution in [0.15, 0.2) is 10.8 Å². The summed E-state index contributed by atoms with van der Waals surface area (Å²) in [4.78, 5) is 2.13. The van der Waals surface area contributed by atoms with Crippen molar-refractivity contribution in [3.63, 3.8) is 0 Å². The Morgan fingerprint density at radius 2 is 2.47 bits per heavy atom. The predicted octanol–water partition coefficient (Wildman–Crippen LogP) is 2.31. The Morgan fingerprint density at radius 1 is 1.67 bits per heavy atom. The number of halogens is 1. The first-order valence-corrected chi connectivity index (χ1v) is 5.38. The van der Waals surface area contributed by atoms with Gasteiger partial charge >= 0.3 is 0 Å². The van der Waals surface area contributed by atoms with Gasteiger partial charge in [-0.3, -0.25) is 4.90 Å². The molecule has 1 fully saturated rings. The van der Waals surface area contributed by atoms with Crippen LogP contribution in [-0.2, 0) is 6.54 Å². The van der Waals surface area contributed by atoms with E-state index in [4.69, 9.17) is 4.52 Å². The molecule has 1 aromatic heterocycles. The van der Waals surface area contributed by atoms with Crippen molar-refractivity contribution in [3.8, 4) is 0 Å². The number of hydrogen-bond donors (Lipinski definition) is 0. The third-order valence-corrected chi connectivity index (χ3v) is 2.97. The molecule has 2 rings (SSSR count). The summed E-state index contributed by atoms with van der Waals surface area (Å²) in [6.45, 7) is 5.81. The Morgan fingerprint density at radius 3 is 3.07 bits per heavy atom. The van der Waals surface area contributed by atoms with Crippen molar-refractivity contribution in [2.24, 2.45) is 0 Å². The molecule has 1 aromatic rings. The lowest BCUT2D eigenvalue weighted by Crippen LogP contribution is -2.42. The van der Waals surface area contributed by atoms with Crippen molar-refractivity contribution < 1.29 is 8.91 Å². The molecular formula is C11H17FN2O. The smallest absolute Gasteiger partial charge is 0.128 e. The van der Waals surface area contributed by atoms with Crippen LogP contribution in [-0.4, -0.2) is 28.8 Å². The fraction of sp³-hybridized carbons (Fsp3) is 0.727. The maximum Gasteiger partial charge on any atom is 0.128 e. The molecule has 0 aliphatic carbocycles. The third kappa shape index (κ3) is 2.56. The van der Waals surface area contributed by atoms with Crippen molar-refractivity contribution in [2.75, 3.05) is 13.1 Å². The van der Waals surface area contributed by atoms with Crippen LogP contribution in [0.3, 0.4) is 0 Å². The molecule has 1 aliphatic rings. The molecule has 1 saturated heterocycles. The van der Waals surface area contributed by atoms with E-state index in [1.165, 1.54) is 0 Å². The first-order valence-electron chi connectivity index (χ1n) is 5.38. The van der Waals surface area contributed by atoms with Crippen LogP contribution < -0.4 is 0 Å². The second-order valence-electron chi connectivity index (χ2n) is 4.65. The molecule has 0 bridgehead atoms. The molecule has 0 aromatic carbocycles. The minimum Gasteiger partial charge on any atom is -0.364 e. The Hall–Kier alpha value is -0.900. The highest BCUT2D eigenvalue weighted by Gasteiger charge is 2.30. The first kappa shape index (κ1) is 10.6. The van der Waals surface area contributed by atoms with E-state index in [9.17, 15) is 4.39 Å². The van der Waals surface area contributed by atoms with E-state index >= 15 is 0 Å². The lowest BCUT2D eigenvalue weighted by atomic mass is 9.96. The molecule has 0 radical (unpaired) electrons. The standard InChI is InChI=1S/C11H17FN2O/c1-9-10(7-15-13-9)6-14-5-3-4-11(2,12)8-14/h7H,3-6,8H2,1-2H3/t11-/m0/s1. The first-order chi connectivity index (χ1) is 7.07. The second-order valence-corrected chi connectivity index (χ2v) is 4.65. The highest BCUT2D eigenvalue weighted by atomic mass is 19.1. The molecule has 4 heteroatoms. The van der Waals surface area contributed by atoms with Crippen molar-refractivity contribution >= 4 is 0 Å². The number of aromatic nitrogens is 1. The van der Waals surface area contributed by atoms with Crippen LogP contribution in [0.1, 0.15) is 31.0 Å². The summed E-state index contributed by atoms with van der Waals surface area (Å²) in [7, 11) is 0. The van der Waals surface area contributed by atoms with Crippen molar-refractivity contribution in [1.82, 2.24) is 10.1 Å². The number of piperidine rings is 1. The molecule has 0 spiro atoms. The van der Waals surface area contributed by atoms with Gasteiger partial charge in [-0.15, -0.1) is 0 Å². The van der Waals surface area contributed by atoms with Crippen molar-refractivity contribution in [1.29, 1.82) is 0 Å². The van der Waals surface area contributed by atoms with Crippen LogP contribution >= 0.6 is 0 Å². The summed E-state index contributed by atoms with van der Waals surface area (Å²) in [6, 6.07) is 0. The summed E-state index contributed by atoms with van der Waals surface area (Å²) in [5.41, 5.74) is 0.928. The van der Waals surface area contributed by atoms with E-state index in [-0.39, 0.29) is 0 Å². The fourth-order valence-corrected chi connectivity index (χ4v) is 2.14. The lowest BCUT2D eigenvalue weighted by Gasteiger charge is -2.34. The Bertz CT molecular complexity index is 335. The van der Waals surface area contributed by atoms with Crippen LogP contribution in [0, 0.1) is 6.92 Å². The van der Waals surface area contributed by atoms with Gasteiger partial charge in [-0.1, -0.05) is 5.16 Å². The molecule has 0 unspecified atom stereocenters. The summed E-state index contributed by atoms with van der Waals surface area (Å²) in [6.07, 6.45) is 3.25. The number of aryl methyl sites for hydroxylation is 1.